The van der Waals surface area contributed by atoms with Crippen LogP contribution in [-0.2, 0) is 37.9 Å². The highest BCUT2D eigenvalue weighted by molar-refractivity contribution is 4.99. The second-order valence-electron chi connectivity index (χ2n) is 14.0. The molecule has 57 heavy (non-hydrogen) atoms. The topological polar surface area (TPSA) is 458 Å². The van der Waals surface area contributed by atoms with E-state index in [9.17, 15) is 91.9 Å². The fourth-order valence-corrected chi connectivity index (χ4v) is 6.48. The minimum Gasteiger partial charge on any atom is -0.394 e. The SMILES string of the molecule is OC[C@H]1O[C@H](OC[C@H]2O[C@@H](O)[C@H](O)[C@@H](O)[C@@H]2O)[C@H](O)[C@@H](O)[C@H]1O.OC[C@H]1O[C@H](OC[C@H]2O[C@H](O[C@]3(CO)O[C@H](CO)[C@@H](O)[C@@H]3O)[C@H](O)[C@@H](O)[C@@H]2O)[C@H](O)[C@@H](O)[C@H]1O. The van der Waals surface area contributed by atoms with Crippen LogP contribution in [0, 0.1) is 0 Å². The van der Waals surface area contributed by atoms with Gasteiger partial charge in [0.15, 0.2) is 25.2 Å². The van der Waals surface area contributed by atoms with Gasteiger partial charge in [0.1, 0.15) is 123 Å². The molecular weight excluding hydrogens is 792 g/mol. The summed E-state index contributed by atoms with van der Waals surface area (Å²) in [5, 5.41) is 185. The lowest BCUT2D eigenvalue weighted by Crippen LogP contribution is -2.63. The lowest BCUT2D eigenvalue weighted by molar-refractivity contribution is -0.388. The molecule has 27 heteroatoms. The van der Waals surface area contributed by atoms with Gasteiger partial charge in [-0.2, -0.15) is 0 Å². The maximum Gasteiger partial charge on any atom is 0.224 e. The third kappa shape index (κ3) is 10.3. The molecule has 0 aromatic rings. The Morgan fingerprint density at radius 2 is 0.737 bits per heavy atom. The summed E-state index contributed by atoms with van der Waals surface area (Å²) >= 11 is 0. The van der Waals surface area contributed by atoms with Crippen molar-refractivity contribution in [1.29, 1.82) is 0 Å². The number of ether oxygens (including phenoxy) is 8. The number of aliphatic hydroxyl groups excluding tert-OH is 19. The first kappa shape index (κ1) is 48.6. The molecule has 5 heterocycles. The Kier molecular flexibility index (Phi) is 17.6. The van der Waals surface area contributed by atoms with Gasteiger partial charge in [-0.3, -0.25) is 0 Å². The van der Waals surface area contributed by atoms with Gasteiger partial charge in [-0.1, -0.05) is 0 Å². The van der Waals surface area contributed by atoms with E-state index < -0.39 is 187 Å². The van der Waals surface area contributed by atoms with Crippen LogP contribution in [0.5, 0.6) is 0 Å². The molecule has 5 rings (SSSR count). The first-order valence-corrected chi connectivity index (χ1v) is 17.6. The van der Waals surface area contributed by atoms with Crippen LogP contribution in [0.3, 0.4) is 0 Å². The van der Waals surface area contributed by atoms with Crippen molar-refractivity contribution < 1.29 is 135 Å². The first-order valence-electron chi connectivity index (χ1n) is 17.6. The first-order chi connectivity index (χ1) is 26.8. The standard InChI is InChI=1S/C18H32O16.C12H22O11/c19-1-5-8(22)11(25)13(27)16(31-5)30-3-7-9(23)12(26)14(28)17(32-7)34-18(4-21)15(29)10(24)6(2-20)33-18;13-1-3-5(14)8(17)10(19)12(23-3)21-2-4-6(15)7(16)9(18)11(20)22-4/h5-17,19-29H,1-4H2;3-20H,1-2H2/t5-,6-,7-,8+,9-,10-,11+,12+,13-,14-,15+,16+,17-,18+;3-,4-,5+,6-,7+,8+,9-,10-,11-,12+/m11/s1. The van der Waals surface area contributed by atoms with E-state index in [0.717, 1.165) is 0 Å². The van der Waals surface area contributed by atoms with Crippen LogP contribution in [0.2, 0.25) is 0 Å². The van der Waals surface area contributed by atoms with Gasteiger partial charge in [0.2, 0.25) is 5.79 Å². The van der Waals surface area contributed by atoms with E-state index in [0.29, 0.717) is 0 Å². The Morgan fingerprint density at radius 1 is 0.368 bits per heavy atom. The predicted molar refractivity (Wildman–Crippen MR) is 170 cm³/mol. The molecule has 5 fully saturated rings. The van der Waals surface area contributed by atoms with Crippen molar-refractivity contribution >= 4 is 0 Å². The monoisotopic (exact) mass is 846 g/mol. The van der Waals surface area contributed by atoms with E-state index in [1.807, 2.05) is 0 Å². The van der Waals surface area contributed by atoms with Gasteiger partial charge in [-0.15, -0.1) is 0 Å². The molecule has 5 aliphatic heterocycles. The average molecular weight is 847 g/mol. The number of hydrogen-bond acceptors (Lipinski definition) is 27. The Hall–Kier alpha value is -1.08. The van der Waals surface area contributed by atoms with Crippen LogP contribution >= 0.6 is 0 Å². The number of aliphatic hydroxyl groups is 19. The lowest BCUT2D eigenvalue weighted by atomic mass is 9.98. The van der Waals surface area contributed by atoms with Gasteiger partial charge in [-0.25, -0.2) is 0 Å². The van der Waals surface area contributed by atoms with Crippen molar-refractivity contribution in [1.82, 2.24) is 0 Å². The van der Waals surface area contributed by atoms with Crippen molar-refractivity contribution in [2.24, 2.45) is 0 Å². The van der Waals surface area contributed by atoms with Crippen LogP contribution in [0.1, 0.15) is 0 Å². The van der Waals surface area contributed by atoms with E-state index in [4.69, 9.17) is 43.0 Å². The third-order valence-electron chi connectivity index (χ3n) is 10.1. The second-order valence-corrected chi connectivity index (χ2v) is 14.0. The summed E-state index contributed by atoms with van der Waals surface area (Å²) < 4.78 is 41.6. The van der Waals surface area contributed by atoms with E-state index in [1.54, 1.807) is 0 Å². The van der Waals surface area contributed by atoms with Gasteiger partial charge in [0.25, 0.3) is 0 Å². The molecule has 0 amide bonds. The van der Waals surface area contributed by atoms with E-state index in [2.05, 4.69) is 0 Å². The molecule has 5 aliphatic rings. The van der Waals surface area contributed by atoms with Gasteiger partial charge in [0.05, 0.1) is 33.0 Å². The molecule has 24 atom stereocenters. The highest BCUT2D eigenvalue weighted by atomic mass is 16.8. The van der Waals surface area contributed by atoms with E-state index >= 15 is 0 Å². The molecule has 0 unspecified atom stereocenters. The van der Waals surface area contributed by atoms with Crippen molar-refractivity contribution in [3.05, 3.63) is 0 Å². The van der Waals surface area contributed by atoms with Crippen LogP contribution in [0.25, 0.3) is 0 Å². The van der Waals surface area contributed by atoms with Crippen LogP contribution in [0.4, 0.5) is 0 Å². The van der Waals surface area contributed by atoms with E-state index in [-0.39, 0.29) is 0 Å². The summed E-state index contributed by atoms with van der Waals surface area (Å²) in [6.45, 7) is -4.24. The molecule has 0 bridgehead atoms. The summed E-state index contributed by atoms with van der Waals surface area (Å²) in [6, 6.07) is 0. The summed E-state index contributed by atoms with van der Waals surface area (Å²) in [7, 11) is 0. The summed E-state index contributed by atoms with van der Waals surface area (Å²) in [5.74, 6) is -2.36. The largest absolute Gasteiger partial charge is 0.394 e. The molecule has 336 valence electrons. The Morgan fingerprint density at radius 3 is 1.14 bits per heavy atom. The van der Waals surface area contributed by atoms with E-state index in [1.165, 1.54) is 0 Å². The zero-order valence-electron chi connectivity index (χ0n) is 29.8. The van der Waals surface area contributed by atoms with Gasteiger partial charge in [0, 0.05) is 0 Å². The Labute approximate surface area is 321 Å². The molecule has 0 aromatic heterocycles. The molecule has 0 saturated carbocycles. The van der Waals surface area contributed by atoms with Gasteiger partial charge < -0.3 is 135 Å². The van der Waals surface area contributed by atoms with Gasteiger partial charge >= 0.3 is 0 Å². The van der Waals surface area contributed by atoms with Crippen LogP contribution in [-0.4, -0.2) is 284 Å². The smallest absolute Gasteiger partial charge is 0.224 e. The molecule has 27 nitrogen and oxygen atoms in total. The quantitative estimate of drug-likeness (QED) is 0.0867. The zero-order valence-corrected chi connectivity index (χ0v) is 29.8. The van der Waals surface area contributed by atoms with Crippen LogP contribution in [0.15, 0.2) is 0 Å². The molecule has 0 aromatic carbocycles. The maximum absolute atomic E-state index is 10.3. The highest BCUT2D eigenvalue weighted by Crippen LogP contribution is 2.36. The lowest BCUT2D eigenvalue weighted by Gasteiger charge is -2.44. The normalized spacial score (nSPS) is 51.9. The minimum absolute atomic E-state index is 0.468. The number of rotatable bonds is 12. The number of hydrogen-bond donors (Lipinski definition) is 19. The highest BCUT2D eigenvalue weighted by Gasteiger charge is 2.58. The molecule has 5 saturated heterocycles. The second kappa shape index (κ2) is 20.7. The van der Waals surface area contributed by atoms with Crippen molar-refractivity contribution in [3.63, 3.8) is 0 Å². The summed E-state index contributed by atoms with van der Waals surface area (Å²) in [6.07, 6.45) is -37.1. The maximum atomic E-state index is 10.3. The summed E-state index contributed by atoms with van der Waals surface area (Å²) in [5.41, 5.74) is 0. The Balaban J connectivity index is 0.000000273. The Bertz CT molecular complexity index is 1210. The van der Waals surface area contributed by atoms with Crippen molar-refractivity contribution in [2.45, 2.75) is 147 Å². The molecule has 0 spiro atoms. The minimum atomic E-state index is -2.36. The fourth-order valence-electron chi connectivity index (χ4n) is 6.48. The molecule has 0 radical (unpaired) electrons. The molecule has 0 aliphatic carbocycles. The average Bonchev–Trinajstić information content (AvgIpc) is 3.45. The zero-order chi connectivity index (χ0) is 42.7. The van der Waals surface area contributed by atoms with Gasteiger partial charge in [-0.05, 0) is 0 Å². The predicted octanol–water partition coefficient (Wildman–Crippen LogP) is -13.0. The summed E-state index contributed by atoms with van der Waals surface area (Å²) in [4.78, 5) is 0. The van der Waals surface area contributed by atoms with Crippen molar-refractivity contribution in [3.8, 4) is 0 Å². The van der Waals surface area contributed by atoms with Crippen LogP contribution < -0.4 is 0 Å². The van der Waals surface area contributed by atoms with Crippen molar-refractivity contribution in [2.75, 3.05) is 39.6 Å². The fraction of sp³-hybridized carbons (Fsp3) is 1.00. The molecular formula is C30H54O27. The molecule has 19 N–H and O–H groups in total. The third-order valence-corrected chi connectivity index (χ3v) is 10.1.